The van der Waals surface area contributed by atoms with Crippen molar-refractivity contribution < 1.29 is 19.8 Å². The average molecular weight is 605 g/mol. The molecule has 5 saturated carbocycles. The molecule has 0 aromatic heterocycles. The summed E-state index contributed by atoms with van der Waals surface area (Å²) in [5.74, 6) is 3.26. The van der Waals surface area contributed by atoms with Gasteiger partial charge in [0.15, 0.2) is 0 Å². The van der Waals surface area contributed by atoms with Crippen LogP contribution in [-0.4, -0.2) is 22.2 Å². The summed E-state index contributed by atoms with van der Waals surface area (Å²) < 4.78 is 0. The SMILES string of the molecule is CC(C)C1=C2C3=C(C(C)C)CCC4C3C(CC3C(C)(C(=O)O)CCCC43C)C3CC4C(C)(C(=O)O)CCCC4(C)C(CC1)C23. The van der Waals surface area contributed by atoms with Crippen molar-refractivity contribution in [1.29, 1.82) is 0 Å². The second-order valence-electron chi connectivity index (χ2n) is 18.6. The number of aliphatic carboxylic acids is 2. The normalized spacial score (nSPS) is 49.7. The molecule has 2 N–H and O–H groups in total. The molecule has 12 atom stereocenters. The molecule has 7 aliphatic carbocycles. The van der Waals surface area contributed by atoms with E-state index in [0.717, 1.165) is 51.4 Å². The Bertz CT molecular complexity index is 1220. The predicted octanol–water partition coefficient (Wildman–Crippen LogP) is 9.79. The molecule has 0 heterocycles. The van der Waals surface area contributed by atoms with Crippen molar-refractivity contribution in [3.63, 3.8) is 0 Å². The molecule has 0 saturated heterocycles. The summed E-state index contributed by atoms with van der Waals surface area (Å²) >= 11 is 0. The van der Waals surface area contributed by atoms with E-state index in [-0.39, 0.29) is 22.7 Å². The molecule has 7 rings (SSSR count). The molecule has 0 amide bonds. The van der Waals surface area contributed by atoms with E-state index in [0.29, 0.717) is 47.3 Å². The number of hydrogen-bond donors (Lipinski definition) is 2. The van der Waals surface area contributed by atoms with Crippen LogP contribution in [0.15, 0.2) is 22.3 Å². The second kappa shape index (κ2) is 9.96. The second-order valence-corrected chi connectivity index (χ2v) is 18.6. The van der Waals surface area contributed by atoms with E-state index in [9.17, 15) is 19.8 Å². The average Bonchev–Trinajstić information content (AvgIpc) is 2.95. The molecule has 0 aromatic rings. The van der Waals surface area contributed by atoms with E-state index in [1.165, 1.54) is 25.7 Å². The van der Waals surface area contributed by atoms with Gasteiger partial charge in [0.05, 0.1) is 10.8 Å². The van der Waals surface area contributed by atoms with Gasteiger partial charge in [0.1, 0.15) is 0 Å². The van der Waals surface area contributed by atoms with E-state index in [1.807, 2.05) is 0 Å². The largest absolute Gasteiger partial charge is 0.481 e. The highest BCUT2D eigenvalue weighted by Gasteiger charge is 2.69. The minimum atomic E-state index is -0.672. The minimum absolute atomic E-state index is 0.0450. The number of fused-ring (bicyclic) bond motifs is 6. The molecule has 12 unspecified atom stereocenters. The van der Waals surface area contributed by atoms with Crippen LogP contribution in [0.2, 0.25) is 0 Å². The smallest absolute Gasteiger partial charge is 0.309 e. The summed E-state index contributed by atoms with van der Waals surface area (Å²) in [6.45, 7) is 18.9. The van der Waals surface area contributed by atoms with Crippen LogP contribution in [-0.2, 0) is 9.59 Å². The molecule has 0 radical (unpaired) electrons. The van der Waals surface area contributed by atoms with Crippen LogP contribution in [0.5, 0.6) is 0 Å². The maximum atomic E-state index is 13.1. The molecule has 244 valence electrons. The first kappa shape index (κ1) is 31.0. The highest BCUT2D eigenvalue weighted by Crippen LogP contribution is 2.76. The first-order valence-corrected chi connectivity index (χ1v) is 18.5. The van der Waals surface area contributed by atoms with Gasteiger partial charge in [0.2, 0.25) is 0 Å². The molecule has 0 aliphatic heterocycles. The van der Waals surface area contributed by atoms with Crippen LogP contribution in [0.3, 0.4) is 0 Å². The van der Waals surface area contributed by atoms with Crippen molar-refractivity contribution in [3.05, 3.63) is 22.3 Å². The lowest BCUT2D eigenvalue weighted by Gasteiger charge is -2.70. The van der Waals surface area contributed by atoms with Crippen molar-refractivity contribution in [1.82, 2.24) is 0 Å². The van der Waals surface area contributed by atoms with Gasteiger partial charge in [0, 0.05) is 0 Å². The van der Waals surface area contributed by atoms with Gasteiger partial charge in [-0.3, -0.25) is 9.59 Å². The molecule has 4 heteroatoms. The number of carboxylic acids is 2. The van der Waals surface area contributed by atoms with Gasteiger partial charge in [-0.05, 0) is 159 Å². The Kier molecular flexibility index (Phi) is 7.03. The number of rotatable bonds is 4. The number of carbonyl (C=O) groups is 2. The van der Waals surface area contributed by atoms with Gasteiger partial charge in [-0.1, -0.05) is 65.5 Å². The zero-order valence-corrected chi connectivity index (χ0v) is 29.0. The third-order valence-corrected chi connectivity index (χ3v) is 16.5. The fourth-order valence-electron chi connectivity index (χ4n) is 14.5. The van der Waals surface area contributed by atoms with Gasteiger partial charge < -0.3 is 10.2 Å². The number of allylic oxidation sites excluding steroid dienone is 4. The predicted molar refractivity (Wildman–Crippen MR) is 175 cm³/mol. The van der Waals surface area contributed by atoms with Crippen LogP contribution in [0, 0.1) is 80.8 Å². The maximum Gasteiger partial charge on any atom is 0.309 e. The standard InChI is InChI=1S/C40H60O4/c1-21(2)23-11-13-27-31-25(19-29-37(27,5)15-9-17-39(29,7)35(41)42)26-20-30-38(6,16-10-18-40(30,8)36(43)44)28-14-12-24(22(3)4)34(32(26)28)33(23)31/h21-22,25-32H,9-20H2,1-8H3,(H,41,42)(H,43,44). The molecule has 4 nitrogen and oxygen atoms in total. The van der Waals surface area contributed by atoms with E-state index in [4.69, 9.17) is 0 Å². The quantitative estimate of drug-likeness (QED) is 0.335. The van der Waals surface area contributed by atoms with Crippen LogP contribution in [0.4, 0.5) is 0 Å². The summed E-state index contributed by atoms with van der Waals surface area (Å²) in [5.41, 5.74) is 5.70. The third kappa shape index (κ3) is 3.81. The van der Waals surface area contributed by atoms with Crippen molar-refractivity contribution in [2.45, 2.75) is 132 Å². The van der Waals surface area contributed by atoms with E-state index < -0.39 is 22.8 Å². The molecule has 0 bridgehead atoms. The molecule has 7 aliphatic rings. The fraction of sp³-hybridized carbons (Fsp3) is 0.850. The maximum absolute atomic E-state index is 13.1. The van der Waals surface area contributed by atoms with Gasteiger partial charge in [-0.25, -0.2) is 0 Å². The van der Waals surface area contributed by atoms with Crippen molar-refractivity contribution in [2.75, 3.05) is 0 Å². The Labute approximate surface area is 266 Å². The zero-order valence-electron chi connectivity index (χ0n) is 29.0. The van der Waals surface area contributed by atoms with E-state index >= 15 is 0 Å². The lowest BCUT2D eigenvalue weighted by atomic mass is 9.33. The van der Waals surface area contributed by atoms with Crippen LogP contribution >= 0.6 is 0 Å². The van der Waals surface area contributed by atoms with E-state index in [2.05, 4.69) is 55.4 Å². The van der Waals surface area contributed by atoms with Crippen LogP contribution in [0.25, 0.3) is 0 Å². The third-order valence-electron chi connectivity index (χ3n) is 16.5. The number of carboxylic acid groups (broad SMARTS) is 2. The summed E-state index contributed by atoms with van der Waals surface area (Å²) in [5, 5.41) is 21.6. The fourth-order valence-corrected chi connectivity index (χ4v) is 14.5. The van der Waals surface area contributed by atoms with Gasteiger partial charge in [-0.2, -0.15) is 0 Å². The molecular formula is C40H60O4. The molecular weight excluding hydrogens is 544 g/mol. The van der Waals surface area contributed by atoms with Crippen molar-refractivity contribution in [3.8, 4) is 0 Å². The van der Waals surface area contributed by atoms with E-state index in [1.54, 1.807) is 22.3 Å². The summed E-state index contributed by atoms with van der Waals surface area (Å²) in [4.78, 5) is 26.2. The monoisotopic (exact) mass is 604 g/mol. The number of hydrogen-bond acceptors (Lipinski definition) is 2. The first-order valence-electron chi connectivity index (χ1n) is 18.5. The van der Waals surface area contributed by atoms with Crippen molar-refractivity contribution in [2.24, 2.45) is 80.8 Å². The van der Waals surface area contributed by atoms with Crippen molar-refractivity contribution >= 4 is 11.9 Å². The molecule has 0 aromatic carbocycles. The lowest BCUT2D eigenvalue weighted by molar-refractivity contribution is -0.198. The minimum Gasteiger partial charge on any atom is -0.481 e. The van der Waals surface area contributed by atoms with Crippen LogP contribution in [0.1, 0.15) is 132 Å². The Morgan fingerprint density at radius 1 is 0.636 bits per heavy atom. The molecule has 5 fully saturated rings. The highest BCUT2D eigenvalue weighted by atomic mass is 16.4. The molecule has 44 heavy (non-hydrogen) atoms. The highest BCUT2D eigenvalue weighted by molar-refractivity contribution is 5.75. The Morgan fingerprint density at radius 2 is 1.00 bits per heavy atom. The topological polar surface area (TPSA) is 74.6 Å². The lowest BCUT2D eigenvalue weighted by Crippen LogP contribution is -2.65. The Balaban J connectivity index is 1.48. The zero-order chi connectivity index (χ0) is 31.7. The van der Waals surface area contributed by atoms with Gasteiger partial charge in [-0.15, -0.1) is 0 Å². The summed E-state index contributed by atoms with van der Waals surface area (Å²) in [6.07, 6.45) is 12.7. The Hall–Kier alpha value is -1.58. The van der Waals surface area contributed by atoms with Gasteiger partial charge in [0.25, 0.3) is 0 Å². The van der Waals surface area contributed by atoms with Gasteiger partial charge >= 0.3 is 11.9 Å². The molecule has 0 spiro atoms. The van der Waals surface area contributed by atoms with Crippen LogP contribution < -0.4 is 0 Å². The Morgan fingerprint density at radius 3 is 1.32 bits per heavy atom. The summed E-state index contributed by atoms with van der Waals surface area (Å²) in [7, 11) is 0. The first-order chi connectivity index (χ1) is 20.6. The summed E-state index contributed by atoms with van der Waals surface area (Å²) in [6, 6.07) is 0.